The van der Waals surface area contributed by atoms with Gasteiger partial charge in [-0.1, -0.05) is 26.0 Å². The molecule has 0 unspecified atom stereocenters. The Hall–Kier alpha value is -2.63. The lowest BCUT2D eigenvalue weighted by molar-refractivity contribution is -0.140. The molecule has 1 aliphatic heterocycles. The molecule has 27 heavy (non-hydrogen) atoms. The SMILES string of the molecule is Cc1n[nH]c(C)c1-c1cccc(C(=O)N2CCN(CC(C)C)C(=O)[C@@H]2C)c1. The average Bonchev–Trinajstić information content (AvgIpc) is 2.97. The molecule has 1 fully saturated rings. The normalized spacial score (nSPS) is 17.7. The minimum Gasteiger partial charge on any atom is -0.339 e. The van der Waals surface area contributed by atoms with Crippen LogP contribution in [0.4, 0.5) is 0 Å². The van der Waals surface area contributed by atoms with Crippen LogP contribution in [0, 0.1) is 19.8 Å². The zero-order valence-corrected chi connectivity index (χ0v) is 16.7. The summed E-state index contributed by atoms with van der Waals surface area (Å²) >= 11 is 0. The topological polar surface area (TPSA) is 69.3 Å². The van der Waals surface area contributed by atoms with Gasteiger partial charge >= 0.3 is 0 Å². The summed E-state index contributed by atoms with van der Waals surface area (Å²) in [5, 5.41) is 7.23. The highest BCUT2D eigenvalue weighted by atomic mass is 16.2. The van der Waals surface area contributed by atoms with Gasteiger partial charge in [-0.15, -0.1) is 0 Å². The van der Waals surface area contributed by atoms with Crippen LogP contribution in [0.2, 0.25) is 0 Å². The fraction of sp³-hybridized carbons (Fsp3) is 0.476. The molecule has 1 saturated heterocycles. The molecule has 2 amide bonds. The zero-order chi connectivity index (χ0) is 19.7. The first-order valence-corrected chi connectivity index (χ1v) is 9.51. The van der Waals surface area contributed by atoms with Gasteiger partial charge in [0.05, 0.1) is 5.69 Å². The predicted molar refractivity (Wildman–Crippen MR) is 105 cm³/mol. The van der Waals surface area contributed by atoms with Gasteiger partial charge in [0.2, 0.25) is 5.91 Å². The summed E-state index contributed by atoms with van der Waals surface area (Å²) in [4.78, 5) is 29.3. The van der Waals surface area contributed by atoms with Gasteiger partial charge in [-0.05, 0) is 44.4 Å². The Morgan fingerprint density at radius 1 is 1.30 bits per heavy atom. The minimum absolute atomic E-state index is 0.0287. The van der Waals surface area contributed by atoms with Crippen molar-refractivity contribution in [2.75, 3.05) is 19.6 Å². The molecule has 1 aliphatic rings. The standard InChI is InChI=1S/C21H28N4O2/c1-13(2)12-24-9-10-25(16(5)20(24)26)21(27)18-8-6-7-17(11-18)19-14(3)22-23-15(19)4/h6-8,11,13,16H,9-10,12H2,1-5H3,(H,22,23)/t16-/m0/s1. The Labute approximate surface area is 160 Å². The van der Waals surface area contributed by atoms with Crippen LogP contribution >= 0.6 is 0 Å². The van der Waals surface area contributed by atoms with Crippen molar-refractivity contribution in [1.29, 1.82) is 0 Å². The molecule has 2 heterocycles. The Kier molecular flexibility index (Phi) is 5.35. The lowest BCUT2D eigenvalue weighted by atomic mass is 10.0. The zero-order valence-electron chi connectivity index (χ0n) is 16.7. The van der Waals surface area contributed by atoms with Gasteiger partial charge in [0.25, 0.3) is 5.91 Å². The maximum atomic E-state index is 13.1. The molecule has 0 spiro atoms. The number of amides is 2. The molecule has 1 aromatic carbocycles. The molecular weight excluding hydrogens is 340 g/mol. The van der Waals surface area contributed by atoms with Crippen molar-refractivity contribution in [1.82, 2.24) is 20.0 Å². The number of carbonyl (C=O) groups is 2. The second kappa shape index (κ2) is 7.55. The average molecular weight is 368 g/mol. The summed E-state index contributed by atoms with van der Waals surface area (Å²) in [5.74, 6) is 0.350. The lowest BCUT2D eigenvalue weighted by Crippen LogP contribution is -2.58. The number of carbonyl (C=O) groups excluding carboxylic acids is 2. The monoisotopic (exact) mass is 368 g/mol. The van der Waals surface area contributed by atoms with E-state index in [1.807, 2.05) is 49.9 Å². The van der Waals surface area contributed by atoms with Gasteiger partial charge in [0.1, 0.15) is 6.04 Å². The highest BCUT2D eigenvalue weighted by molar-refractivity contribution is 5.99. The molecule has 6 nitrogen and oxygen atoms in total. The number of H-pyrrole nitrogens is 1. The van der Waals surface area contributed by atoms with Crippen molar-refractivity contribution in [3.63, 3.8) is 0 Å². The third kappa shape index (κ3) is 3.75. The number of nitrogens with zero attached hydrogens (tertiary/aromatic N) is 3. The van der Waals surface area contributed by atoms with Crippen molar-refractivity contribution < 1.29 is 9.59 Å². The van der Waals surface area contributed by atoms with Crippen molar-refractivity contribution in [3.8, 4) is 11.1 Å². The second-order valence-electron chi connectivity index (χ2n) is 7.74. The first-order chi connectivity index (χ1) is 12.8. The van der Waals surface area contributed by atoms with Gasteiger partial charge in [-0.3, -0.25) is 14.7 Å². The highest BCUT2D eigenvalue weighted by Crippen LogP contribution is 2.27. The van der Waals surface area contributed by atoms with Crippen molar-refractivity contribution in [3.05, 3.63) is 41.2 Å². The van der Waals surface area contributed by atoms with Gasteiger partial charge in [0.15, 0.2) is 0 Å². The van der Waals surface area contributed by atoms with E-state index in [1.54, 1.807) is 4.90 Å². The van der Waals surface area contributed by atoms with Gasteiger partial charge in [-0.25, -0.2) is 0 Å². The smallest absolute Gasteiger partial charge is 0.254 e. The number of aromatic nitrogens is 2. The molecule has 6 heteroatoms. The Morgan fingerprint density at radius 2 is 2.04 bits per heavy atom. The summed E-state index contributed by atoms with van der Waals surface area (Å²) < 4.78 is 0. The summed E-state index contributed by atoms with van der Waals surface area (Å²) in [6.45, 7) is 11.8. The number of nitrogens with one attached hydrogen (secondary N) is 1. The van der Waals surface area contributed by atoms with E-state index in [9.17, 15) is 9.59 Å². The number of rotatable bonds is 4. The fourth-order valence-corrected chi connectivity index (χ4v) is 3.78. The molecule has 0 bridgehead atoms. The van der Waals surface area contributed by atoms with Crippen molar-refractivity contribution >= 4 is 11.8 Å². The molecule has 2 aromatic rings. The largest absolute Gasteiger partial charge is 0.339 e. The van der Waals surface area contributed by atoms with Crippen LogP contribution < -0.4 is 0 Å². The number of aryl methyl sites for hydroxylation is 2. The molecule has 144 valence electrons. The Balaban J connectivity index is 1.83. The number of hydrogen-bond acceptors (Lipinski definition) is 3. The number of piperazine rings is 1. The molecule has 3 rings (SSSR count). The summed E-state index contributed by atoms with van der Waals surface area (Å²) in [7, 11) is 0. The number of hydrogen-bond donors (Lipinski definition) is 1. The fourth-order valence-electron chi connectivity index (χ4n) is 3.78. The molecule has 0 aliphatic carbocycles. The predicted octanol–water partition coefficient (Wildman–Crippen LogP) is 3.02. The van der Waals surface area contributed by atoms with E-state index in [4.69, 9.17) is 0 Å². The van der Waals surface area contributed by atoms with Crippen LogP contribution in [0.25, 0.3) is 11.1 Å². The maximum Gasteiger partial charge on any atom is 0.254 e. The Bertz CT molecular complexity index is 836. The number of benzene rings is 1. The van der Waals surface area contributed by atoms with Crippen LogP contribution in [0.5, 0.6) is 0 Å². The van der Waals surface area contributed by atoms with Crippen LogP contribution in [0.3, 0.4) is 0 Å². The molecule has 0 radical (unpaired) electrons. The maximum absolute atomic E-state index is 13.1. The van der Waals surface area contributed by atoms with E-state index in [-0.39, 0.29) is 11.8 Å². The molecule has 0 saturated carbocycles. The lowest BCUT2D eigenvalue weighted by Gasteiger charge is -2.39. The minimum atomic E-state index is -0.439. The van der Waals surface area contributed by atoms with Gasteiger partial charge in [-0.2, -0.15) is 5.10 Å². The first kappa shape index (κ1) is 19.1. The number of aromatic amines is 1. The molecule has 1 atom stereocenters. The third-order valence-electron chi connectivity index (χ3n) is 5.12. The summed E-state index contributed by atoms with van der Waals surface area (Å²) in [5.41, 5.74) is 4.47. The van der Waals surface area contributed by atoms with Crippen LogP contribution in [-0.4, -0.2) is 57.5 Å². The summed E-state index contributed by atoms with van der Waals surface area (Å²) in [6.07, 6.45) is 0. The van der Waals surface area contributed by atoms with Gasteiger partial charge in [0, 0.05) is 36.5 Å². The van der Waals surface area contributed by atoms with E-state index in [1.165, 1.54) is 0 Å². The highest BCUT2D eigenvalue weighted by Gasteiger charge is 2.34. The second-order valence-corrected chi connectivity index (χ2v) is 7.74. The first-order valence-electron chi connectivity index (χ1n) is 9.51. The Morgan fingerprint density at radius 3 is 2.67 bits per heavy atom. The molecule has 1 aromatic heterocycles. The van der Waals surface area contributed by atoms with Crippen molar-refractivity contribution in [2.45, 2.75) is 40.7 Å². The third-order valence-corrected chi connectivity index (χ3v) is 5.12. The molecular formula is C21H28N4O2. The van der Waals surface area contributed by atoms with E-state index < -0.39 is 6.04 Å². The summed E-state index contributed by atoms with van der Waals surface area (Å²) in [6, 6.07) is 7.14. The van der Waals surface area contributed by atoms with E-state index in [0.29, 0.717) is 24.6 Å². The molecule has 1 N–H and O–H groups in total. The van der Waals surface area contributed by atoms with E-state index in [2.05, 4.69) is 24.0 Å². The quantitative estimate of drug-likeness (QED) is 0.902. The van der Waals surface area contributed by atoms with Crippen molar-refractivity contribution in [2.24, 2.45) is 5.92 Å². The van der Waals surface area contributed by atoms with Crippen LogP contribution in [-0.2, 0) is 4.79 Å². The van der Waals surface area contributed by atoms with E-state index in [0.717, 1.165) is 29.1 Å². The van der Waals surface area contributed by atoms with Crippen LogP contribution in [0.1, 0.15) is 42.5 Å². The van der Waals surface area contributed by atoms with E-state index >= 15 is 0 Å². The van der Waals surface area contributed by atoms with Gasteiger partial charge < -0.3 is 9.80 Å². The van der Waals surface area contributed by atoms with Crippen LogP contribution in [0.15, 0.2) is 24.3 Å².